The number of cyclic esters (lactones) is 1. The Morgan fingerprint density at radius 2 is 1.93 bits per heavy atom. The molecule has 4 rings (SSSR count). The van der Waals surface area contributed by atoms with Gasteiger partial charge in [-0.2, -0.15) is 0 Å². The predicted molar refractivity (Wildman–Crippen MR) is 102 cm³/mol. The van der Waals surface area contributed by atoms with Crippen LogP contribution in [0.3, 0.4) is 0 Å². The Morgan fingerprint density at radius 3 is 2.61 bits per heavy atom. The lowest BCUT2D eigenvalue weighted by atomic mass is 10.0. The summed E-state index contributed by atoms with van der Waals surface area (Å²) in [7, 11) is 0. The van der Waals surface area contributed by atoms with Gasteiger partial charge in [-0.15, -0.1) is 0 Å². The van der Waals surface area contributed by atoms with Crippen LogP contribution in [0.1, 0.15) is 17.5 Å². The van der Waals surface area contributed by atoms with Crippen molar-refractivity contribution in [1.29, 1.82) is 0 Å². The summed E-state index contributed by atoms with van der Waals surface area (Å²) < 4.78 is 4.87. The molecule has 0 spiro atoms. The van der Waals surface area contributed by atoms with E-state index in [0.29, 0.717) is 32.8 Å². The number of hydrogen-bond donors (Lipinski definition) is 2. The van der Waals surface area contributed by atoms with Crippen molar-refractivity contribution < 1.29 is 19.1 Å². The van der Waals surface area contributed by atoms with Crippen LogP contribution in [0, 0.1) is 0 Å². The van der Waals surface area contributed by atoms with Crippen LogP contribution >= 0.6 is 0 Å². The Kier molecular flexibility index (Phi) is 5.47. The molecule has 1 aromatic rings. The fraction of sp³-hybridized carbons (Fsp3) is 0.550. The van der Waals surface area contributed by atoms with Crippen LogP contribution in [0.4, 0.5) is 4.79 Å². The Balaban J connectivity index is 1.32. The molecule has 2 N–H and O–H groups in total. The van der Waals surface area contributed by atoms with E-state index in [4.69, 9.17) is 4.74 Å². The molecular formula is C20H26N4O4. The number of piperazine rings is 1. The molecule has 3 aliphatic rings. The second-order valence-electron chi connectivity index (χ2n) is 7.53. The predicted octanol–water partition coefficient (Wildman–Crippen LogP) is -0.0873. The number of carbonyl (C=O) groups excluding carboxylic acids is 3. The summed E-state index contributed by atoms with van der Waals surface area (Å²) in [5.41, 5.74) is 2.67. The molecule has 8 nitrogen and oxygen atoms in total. The Hall–Kier alpha value is -2.61. The summed E-state index contributed by atoms with van der Waals surface area (Å²) in [6.45, 7) is 3.09. The fourth-order valence-electron chi connectivity index (χ4n) is 4.36. The number of carbonyl (C=O) groups is 3. The Morgan fingerprint density at radius 1 is 1.18 bits per heavy atom. The fourth-order valence-corrected chi connectivity index (χ4v) is 4.36. The minimum atomic E-state index is -0.454. The van der Waals surface area contributed by atoms with Gasteiger partial charge in [0.2, 0.25) is 11.8 Å². The normalized spacial score (nSPS) is 22.7. The molecule has 150 valence electrons. The standard InChI is InChI=1S/C20H26N4O4/c25-18(21-5-7-23-9-10-28-20(23)27)13-17-19(26)22-6-8-24(17)16-11-14-3-1-2-4-15(14)12-16/h1-4,16-17H,5-13H2,(H,21,25)(H,22,26)/t17-/m0/s1. The lowest BCUT2D eigenvalue weighted by molar-refractivity contribution is -0.135. The van der Waals surface area contributed by atoms with Crippen LogP contribution in [0.2, 0.25) is 0 Å². The number of rotatable bonds is 6. The molecule has 1 atom stereocenters. The van der Waals surface area contributed by atoms with Gasteiger partial charge >= 0.3 is 6.09 Å². The van der Waals surface area contributed by atoms with Gasteiger partial charge < -0.3 is 20.3 Å². The number of amides is 3. The number of ether oxygens (including phenoxy) is 1. The smallest absolute Gasteiger partial charge is 0.409 e. The molecule has 0 unspecified atom stereocenters. The molecule has 2 aliphatic heterocycles. The van der Waals surface area contributed by atoms with Crippen molar-refractivity contribution >= 4 is 17.9 Å². The van der Waals surface area contributed by atoms with Gasteiger partial charge in [-0.25, -0.2) is 4.79 Å². The minimum absolute atomic E-state index is 0.0829. The summed E-state index contributed by atoms with van der Waals surface area (Å²) in [6, 6.07) is 8.18. The van der Waals surface area contributed by atoms with E-state index in [1.54, 1.807) is 4.90 Å². The van der Waals surface area contributed by atoms with Crippen molar-refractivity contribution in [1.82, 2.24) is 20.4 Å². The van der Waals surface area contributed by atoms with Crippen LogP contribution in [0.5, 0.6) is 0 Å². The third kappa shape index (κ3) is 3.96. The molecule has 2 heterocycles. The summed E-state index contributed by atoms with van der Waals surface area (Å²) in [6.07, 6.45) is 1.62. The van der Waals surface area contributed by atoms with E-state index in [1.807, 2.05) is 12.1 Å². The van der Waals surface area contributed by atoms with Gasteiger partial charge in [-0.3, -0.25) is 14.5 Å². The van der Waals surface area contributed by atoms with Crippen molar-refractivity contribution in [3.63, 3.8) is 0 Å². The first-order chi connectivity index (χ1) is 13.6. The van der Waals surface area contributed by atoms with E-state index < -0.39 is 6.04 Å². The lowest BCUT2D eigenvalue weighted by Gasteiger charge is -2.38. The van der Waals surface area contributed by atoms with E-state index in [-0.39, 0.29) is 30.4 Å². The van der Waals surface area contributed by atoms with Crippen LogP contribution in [0.15, 0.2) is 24.3 Å². The first-order valence-corrected chi connectivity index (χ1v) is 9.90. The molecule has 0 radical (unpaired) electrons. The molecule has 2 fully saturated rings. The van der Waals surface area contributed by atoms with Gasteiger partial charge in [-0.05, 0) is 24.0 Å². The number of hydrogen-bond acceptors (Lipinski definition) is 5. The molecule has 3 amide bonds. The molecule has 0 bridgehead atoms. The second kappa shape index (κ2) is 8.18. The topological polar surface area (TPSA) is 91.0 Å². The highest BCUT2D eigenvalue weighted by Crippen LogP contribution is 2.28. The molecule has 0 aromatic heterocycles. The third-order valence-corrected chi connectivity index (χ3v) is 5.80. The molecule has 1 aromatic carbocycles. The zero-order chi connectivity index (χ0) is 19.5. The Labute approximate surface area is 164 Å². The maximum atomic E-state index is 12.5. The van der Waals surface area contributed by atoms with Crippen LogP contribution in [0.25, 0.3) is 0 Å². The average molecular weight is 386 g/mol. The third-order valence-electron chi connectivity index (χ3n) is 5.80. The van der Waals surface area contributed by atoms with Gasteiger partial charge in [-0.1, -0.05) is 24.3 Å². The van der Waals surface area contributed by atoms with E-state index in [1.165, 1.54) is 11.1 Å². The number of nitrogens with one attached hydrogen (secondary N) is 2. The Bertz CT molecular complexity index is 743. The minimum Gasteiger partial charge on any atom is -0.448 e. The van der Waals surface area contributed by atoms with E-state index in [0.717, 1.165) is 19.4 Å². The van der Waals surface area contributed by atoms with E-state index in [9.17, 15) is 14.4 Å². The van der Waals surface area contributed by atoms with Crippen molar-refractivity contribution in [2.45, 2.75) is 31.3 Å². The van der Waals surface area contributed by atoms with Gasteiger partial charge in [0.25, 0.3) is 0 Å². The van der Waals surface area contributed by atoms with Crippen LogP contribution in [-0.4, -0.2) is 79.1 Å². The van der Waals surface area contributed by atoms with E-state index >= 15 is 0 Å². The number of nitrogens with zero attached hydrogens (tertiary/aromatic N) is 2. The zero-order valence-electron chi connectivity index (χ0n) is 15.9. The van der Waals surface area contributed by atoms with Gasteiger partial charge in [0.15, 0.2) is 0 Å². The first-order valence-electron chi connectivity index (χ1n) is 9.90. The zero-order valence-corrected chi connectivity index (χ0v) is 15.9. The van der Waals surface area contributed by atoms with Crippen molar-refractivity contribution in [3.8, 4) is 0 Å². The second-order valence-corrected chi connectivity index (χ2v) is 7.53. The SMILES string of the molecule is O=C(C[C@H]1C(=O)NCCN1C1Cc2ccccc2C1)NCCN1CCOC1=O. The van der Waals surface area contributed by atoms with Crippen LogP contribution in [-0.2, 0) is 27.2 Å². The summed E-state index contributed by atoms with van der Waals surface area (Å²) in [5.74, 6) is -0.254. The number of benzene rings is 1. The highest BCUT2D eigenvalue weighted by Gasteiger charge is 2.38. The number of fused-ring (bicyclic) bond motifs is 1. The van der Waals surface area contributed by atoms with Crippen molar-refractivity contribution in [2.75, 3.05) is 39.3 Å². The largest absolute Gasteiger partial charge is 0.448 e. The molecular weight excluding hydrogens is 360 g/mol. The highest BCUT2D eigenvalue weighted by molar-refractivity contribution is 5.88. The van der Waals surface area contributed by atoms with Gasteiger partial charge in [0.1, 0.15) is 6.61 Å². The van der Waals surface area contributed by atoms with E-state index in [2.05, 4.69) is 27.7 Å². The van der Waals surface area contributed by atoms with Crippen LogP contribution < -0.4 is 10.6 Å². The van der Waals surface area contributed by atoms with Crippen molar-refractivity contribution in [2.24, 2.45) is 0 Å². The van der Waals surface area contributed by atoms with Gasteiger partial charge in [0.05, 0.1) is 19.0 Å². The highest BCUT2D eigenvalue weighted by atomic mass is 16.6. The molecule has 28 heavy (non-hydrogen) atoms. The molecule has 0 saturated carbocycles. The summed E-state index contributed by atoms with van der Waals surface area (Å²) in [4.78, 5) is 40.1. The monoisotopic (exact) mass is 386 g/mol. The lowest BCUT2D eigenvalue weighted by Crippen LogP contribution is -2.59. The quantitative estimate of drug-likeness (QED) is 0.713. The van der Waals surface area contributed by atoms with Gasteiger partial charge in [0, 0.05) is 32.2 Å². The molecule has 1 aliphatic carbocycles. The summed E-state index contributed by atoms with van der Waals surface area (Å²) in [5, 5.41) is 5.72. The molecule has 8 heteroatoms. The maximum Gasteiger partial charge on any atom is 0.409 e. The average Bonchev–Trinajstić information content (AvgIpc) is 3.29. The first kappa shape index (κ1) is 18.7. The molecule has 2 saturated heterocycles. The summed E-state index contributed by atoms with van der Waals surface area (Å²) >= 11 is 0. The van der Waals surface area contributed by atoms with Crippen molar-refractivity contribution in [3.05, 3.63) is 35.4 Å². The maximum absolute atomic E-state index is 12.5.